The van der Waals surface area contributed by atoms with Crippen LogP contribution in [-0.4, -0.2) is 66.3 Å². The van der Waals surface area contributed by atoms with Crippen LogP contribution in [0.1, 0.15) is 32.1 Å². The monoisotopic (exact) mass is 313 g/mol. The minimum atomic E-state index is -1.08. The van der Waals surface area contributed by atoms with E-state index in [1.54, 1.807) is 0 Å². The predicted molar refractivity (Wildman–Crippen MR) is 77.4 cm³/mol. The van der Waals surface area contributed by atoms with Gasteiger partial charge in [-0.2, -0.15) is 0 Å². The predicted octanol–water partition coefficient (Wildman–Crippen LogP) is -0.0697. The van der Waals surface area contributed by atoms with Crippen molar-refractivity contribution in [2.75, 3.05) is 26.2 Å². The molecule has 0 aromatic carbocycles. The molecular weight excluding hydrogens is 290 g/mol. The molecule has 1 atom stereocenters. The number of urea groups is 1. The van der Waals surface area contributed by atoms with Crippen molar-refractivity contribution >= 4 is 17.9 Å². The van der Waals surface area contributed by atoms with Crippen LogP contribution in [0.2, 0.25) is 0 Å². The van der Waals surface area contributed by atoms with Gasteiger partial charge in [-0.15, -0.1) is 0 Å². The highest BCUT2D eigenvalue weighted by atomic mass is 16.5. The molecule has 1 unspecified atom stereocenters. The summed E-state index contributed by atoms with van der Waals surface area (Å²) >= 11 is 0. The van der Waals surface area contributed by atoms with Crippen molar-refractivity contribution in [2.24, 2.45) is 0 Å². The topological polar surface area (TPSA) is 108 Å². The summed E-state index contributed by atoms with van der Waals surface area (Å²) in [5.74, 6) is -1.38. The lowest BCUT2D eigenvalue weighted by Gasteiger charge is -2.31. The third-order valence-electron chi connectivity index (χ3n) is 4.04. The number of morpholine rings is 1. The van der Waals surface area contributed by atoms with Crippen LogP contribution in [0.3, 0.4) is 0 Å². The number of nitrogens with one attached hydrogen (secondary N) is 2. The molecule has 0 aromatic rings. The van der Waals surface area contributed by atoms with E-state index in [2.05, 4.69) is 10.6 Å². The molecule has 8 nitrogen and oxygen atoms in total. The number of carbonyl (C=O) groups is 3. The Labute approximate surface area is 129 Å². The molecule has 1 aliphatic heterocycles. The largest absolute Gasteiger partial charge is 0.479 e. The molecule has 1 heterocycles. The second-order valence-corrected chi connectivity index (χ2v) is 5.70. The zero-order valence-corrected chi connectivity index (χ0v) is 12.5. The summed E-state index contributed by atoms with van der Waals surface area (Å²) in [5.41, 5.74) is 0. The molecular formula is C14H23N3O5. The molecule has 3 N–H and O–H groups in total. The Bertz CT molecular complexity index is 423. The first-order chi connectivity index (χ1) is 10.6. The van der Waals surface area contributed by atoms with Crippen LogP contribution in [0.4, 0.5) is 4.79 Å². The second-order valence-electron chi connectivity index (χ2n) is 5.70. The standard InChI is InChI=1S/C14H23N3O5/c18-12(17-6-7-22-11(9-17)13(19)20)8-15-14(21)16-10-4-2-1-3-5-10/h10-11H,1-9H2,(H,19,20)(H2,15,16,21). The van der Waals surface area contributed by atoms with Crippen molar-refractivity contribution in [3.63, 3.8) is 0 Å². The third kappa shape index (κ3) is 4.87. The Morgan fingerprint density at radius 2 is 1.91 bits per heavy atom. The first-order valence-corrected chi connectivity index (χ1v) is 7.73. The lowest BCUT2D eigenvalue weighted by atomic mass is 9.96. The molecule has 2 fully saturated rings. The molecule has 1 saturated carbocycles. The zero-order chi connectivity index (χ0) is 15.9. The van der Waals surface area contributed by atoms with Crippen LogP contribution in [0.5, 0.6) is 0 Å². The van der Waals surface area contributed by atoms with Gasteiger partial charge in [-0.3, -0.25) is 4.79 Å². The fourth-order valence-electron chi connectivity index (χ4n) is 2.78. The summed E-state index contributed by atoms with van der Waals surface area (Å²) in [5, 5.41) is 14.3. The average molecular weight is 313 g/mol. The number of aliphatic carboxylic acids is 1. The maximum absolute atomic E-state index is 12.0. The highest BCUT2D eigenvalue weighted by Crippen LogP contribution is 2.17. The second kappa shape index (κ2) is 7.98. The van der Waals surface area contributed by atoms with Crippen LogP contribution in [0.25, 0.3) is 0 Å². The lowest BCUT2D eigenvalue weighted by molar-refractivity contribution is -0.159. The summed E-state index contributed by atoms with van der Waals surface area (Å²) in [6.45, 7) is 0.413. The molecule has 0 aromatic heterocycles. The van der Waals surface area contributed by atoms with Crippen LogP contribution in [0, 0.1) is 0 Å². The first-order valence-electron chi connectivity index (χ1n) is 7.73. The molecule has 1 aliphatic carbocycles. The number of amides is 3. The highest BCUT2D eigenvalue weighted by molar-refractivity contribution is 5.84. The van der Waals surface area contributed by atoms with Gasteiger partial charge in [-0.05, 0) is 12.8 Å². The summed E-state index contributed by atoms with van der Waals surface area (Å²) in [4.78, 5) is 36.0. The number of carboxylic acid groups (broad SMARTS) is 1. The number of carbonyl (C=O) groups excluding carboxylic acids is 2. The van der Waals surface area contributed by atoms with Gasteiger partial charge in [0, 0.05) is 12.6 Å². The van der Waals surface area contributed by atoms with Crippen molar-refractivity contribution in [3.8, 4) is 0 Å². The Balaban J connectivity index is 1.70. The Kier molecular flexibility index (Phi) is 6.00. The molecule has 2 rings (SSSR count). The number of rotatable bonds is 4. The van der Waals surface area contributed by atoms with E-state index in [1.165, 1.54) is 11.3 Å². The maximum atomic E-state index is 12.0. The van der Waals surface area contributed by atoms with Gasteiger partial charge in [0.15, 0.2) is 6.10 Å². The number of ether oxygens (including phenoxy) is 1. The van der Waals surface area contributed by atoms with Crippen molar-refractivity contribution in [2.45, 2.75) is 44.2 Å². The summed E-state index contributed by atoms with van der Waals surface area (Å²) in [6, 6.07) is -0.160. The summed E-state index contributed by atoms with van der Waals surface area (Å²) in [7, 11) is 0. The molecule has 3 amide bonds. The third-order valence-corrected chi connectivity index (χ3v) is 4.04. The van der Waals surface area contributed by atoms with Crippen molar-refractivity contribution < 1.29 is 24.2 Å². The summed E-state index contributed by atoms with van der Waals surface area (Å²) < 4.78 is 5.05. The van der Waals surface area contributed by atoms with Gasteiger partial charge in [0.2, 0.25) is 5.91 Å². The Morgan fingerprint density at radius 1 is 1.18 bits per heavy atom. The fourth-order valence-corrected chi connectivity index (χ4v) is 2.78. The first kappa shape index (κ1) is 16.5. The smallest absolute Gasteiger partial charge is 0.334 e. The van der Waals surface area contributed by atoms with Gasteiger partial charge in [0.25, 0.3) is 0 Å². The van der Waals surface area contributed by atoms with E-state index in [4.69, 9.17) is 9.84 Å². The molecule has 22 heavy (non-hydrogen) atoms. The Morgan fingerprint density at radius 3 is 2.59 bits per heavy atom. The normalized spacial score (nSPS) is 22.9. The van der Waals surface area contributed by atoms with E-state index >= 15 is 0 Å². The van der Waals surface area contributed by atoms with Gasteiger partial charge in [0.1, 0.15) is 0 Å². The lowest BCUT2D eigenvalue weighted by Crippen LogP contribution is -2.52. The number of nitrogens with zero attached hydrogens (tertiary/aromatic N) is 1. The minimum absolute atomic E-state index is 0.0140. The molecule has 124 valence electrons. The van der Waals surface area contributed by atoms with E-state index < -0.39 is 12.1 Å². The van der Waals surface area contributed by atoms with Gasteiger partial charge in [-0.1, -0.05) is 19.3 Å². The zero-order valence-electron chi connectivity index (χ0n) is 12.5. The van der Waals surface area contributed by atoms with E-state index in [1.807, 2.05) is 0 Å². The quantitative estimate of drug-likeness (QED) is 0.673. The Hall–Kier alpha value is -1.83. The van der Waals surface area contributed by atoms with Crippen molar-refractivity contribution in [1.82, 2.24) is 15.5 Å². The van der Waals surface area contributed by atoms with Crippen LogP contribution < -0.4 is 10.6 Å². The van der Waals surface area contributed by atoms with Gasteiger partial charge in [-0.25, -0.2) is 9.59 Å². The highest BCUT2D eigenvalue weighted by Gasteiger charge is 2.29. The minimum Gasteiger partial charge on any atom is -0.479 e. The molecule has 0 radical (unpaired) electrons. The van der Waals surface area contributed by atoms with Crippen LogP contribution in [-0.2, 0) is 14.3 Å². The van der Waals surface area contributed by atoms with E-state index in [0.29, 0.717) is 6.54 Å². The number of carboxylic acids is 1. The molecule has 2 aliphatic rings. The van der Waals surface area contributed by atoms with Crippen LogP contribution in [0.15, 0.2) is 0 Å². The van der Waals surface area contributed by atoms with E-state index in [9.17, 15) is 14.4 Å². The average Bonchev–Trinajstić information content (AvgIpc) is 2.53. The molecule has 8 heteroatoms. The van der Waals surface area contributed by atoms with Crippen LogP contribution >= 0.6 is 0 Å². The summed E-state index contributed by atoms with van der Waals surface area (Å²) in [6.07, 6.45) is 4.41. The SMILES string of the molecule is O=C(NCC(=O)N1CCOC(C(=O)O)C1)NC1CCCCC1. The molecule has 1 saturated heterocycles. The maximum Gasteiger partial charge on any atom is 0.334 e. The fraction of sp³-hybridized carbons (Fsp3) is 0.786. The van der Waals surface area contributed by atoms with E-state index in [-0.39, 0.29) is 37.7 Å². The van der Waals surface area contributed by atoms with Gasteiger partial charge < -0.3 is 25.4 Å². The molecule has 0 bridgehead atoms. The van der Waals surface area contributed by atoms with E-state index in [0.717, 1.165) is 25.7 Å². The van der Waals surface area contributed by atoms with Crippen molar-refractivity contribution in [1.29, 1.82) is 0 Å². The van der Waals surface area contributed by atoms with Gasteiger partial charge in [0.05, 0.1) is 19.7 Å². The van der Waals surface area contributed by atoms with Gasteiger partial charge >= 0.3 is 12.0 Å². The van der Waals surface area contributed by atoms with Crippen molar-refractivity contribution in [3.05, 3.63) is 0 Å². The number of hydrogen-bond donors (Lipinski definition) is 3. The molecule has 0 spiro atoms. The number of hydrogen-bond acceptors (Lipinski definition) is 4.